The number of nitrogens with zero attached hydrogens (tertiary/aromatic N) is 3. The van der Waals surface area contributed by atoms with Gasteiger partial charge in [-0.05, 0) is 6.07 Å². The second-order valence-electron chi connectivity index (χ2n) is 3.41. The first-order chi connectivity index (χ1) is 7.34. The van der Waals surface area contributed by atoms with Crippen LogP contribution >= 0.6 is 0 Å². The van der Waals surface area contributed by atoms with E-state index >= 15 is 0 Å². The maximum Gasteiger partial charge on any atom is 0.182 e. The molecular weight excluding hydrogens is 190 g/mol. The fraction of sp³-hybridized carbons (Fsp3) is 0.0909. The Kier molecular flexibility index (Phi) is 1.62. The van der Waals surface area contributed by atoms with Crippen LogP contribution in [-0.4, -0.2) is 14.8 Å². The van der Waals surface area contributed by atoms with E-state index in [2.05, 4.69) is 10.1 Å². The van der Waals surface area contributed by atoms with Gasteiger partial charge in [-0.2, -0.15) is 5.10 Å². The lowest BCUT2D eigenvalue weighted by Crippen LogP contribution is -1.84. The van der Waals surface area contributed by atoms with Gasteiger partial charge >= 0.3 is 0 Å². The molecule has 0 bridgehead atoms. The number of hydrogen-bond donors (Lipinski definition) is 0. The lowest BCUT2D eigenvalue weighted by molar-refractivity contribution is 0.602. The van der Waals surface area contributed by atoms with Gasteiger partial charge in [-0.15, -0.1) is 0 Å². The van der Waals surface area contributed by atoms with Crippen LogP contribution in [0.4, 0.5) is 0 Å². The number of benzene rings is 1. The molecule has 4 heteroatoms. The van der Waals surface area contributed by atoms with E-state index in [1.165, 1.54) is 6.39 Å². The van der Waals surface area contributed by atoms with Crippen molar-refractivity contribution in [1.29, 1.82) is 0 Å². The second kappa shape index (κ2) is 2.95. The average molecular weight is 199 g/mol. The third-order valence-electron chi connectivity index (χ3n) is 2.38. The summed E-state index contributed by atoms with van der Waals surface area (Å²) in [5.74, 6) is 0. The first-order valence-corrected chi connectivity index (χ1v) is 4.66. The Morgan fingerprint density at radius 2 is 2.27 bits per heavy atom. The molecule has 0 saturated carbocycles. The fourth-order valence-corrected chi connectivity index (χ4v) is 1.68. The SMILES string of the molecule is Cn1cc(-c2cccc3ocnc23)cn1. The van der Waals surface area contributed by atoms with E-state index in [0.29, 0.717) is 0 Å². The molecule has 0 aliphatic rings. The van der Waals surface area contributed by atoms with Gasteiger partial charge in [0, 0.05) is 24.4 Å². The van der Waals surface area contributed by atoms with Gasteiger partial charge in [0.1, 0.15) is 5.52 Å². The fourth-order valence-electron chi connectivity index (χ4n) is 1.68. The van der Waals surface area contributed by atoms with Crippen molar-refractivity contribution in [2.75, 3.05) is 0 Å². The molecule has 0 atom stereocenters. The number of oxazole rings is 1. The van der Waals surface area contributed by atoms with E-state index in [1.807, 2.05) is 37.6 Å². The summed E-state index contributed by atoms with van der Waals surface area (Å²) in [6.45, 7) is 0. The molecule has 0 aliphatic carbocycles. The zero-order chi connectivity index (χ0) is 10.3. The summed E-state index contributed by atoms with van der Waals surface area (Å²) in [7, 11) is 1.90. The van der Waals surface area contributed by atoms with Gasteiger partial charge in [0.2, 0.25) is 0 Å². The van der Waals surface area contributed by atoms with Crippen LogP contribution in [0.1, 0.15) is 0 Å². The predicted molar refractivity (Wildman–Crippen MR) is 56.2 cm³/mol. The maximum atomic E-state index is 5.25. The van der Waals surface area contributed by atoms with Crippen LogP contribution in [0.5, 0.6) is 0 Å². The number of rotatable bonds is 1. The molecule has 0 aliphatic heterocycles. The highest BCUT2D eigenvalue weighted by atomic mass is 16.3. The van der Waals surface area contributed by atoms with Gasteiger partial charge in [0.05, 0.1) is 6.20 Å². The van der Waals surface area contributed by atoms with Crippen molar-refractivity contribution >= 4 is 11.1 Å². The molecule has 15 heavy (non-hydrogen) atoms. The molecule has 4 nitrogen and oxygen atoms in total. The number of aromatic nitrogens is 3. The van der Waals surface area contributed by atoms with E-state index in [1.54, 1.807) is 4.68 Å². The average Bonchev–Trinajstić information content (AvgIpc) is 2.84. The van der Waals surface area contributed by atoms with Crippen molar-refractivity contribution in [3.05, 3.63) is 37.0 Å². The number of fused-ring (bicyclic) bond motifs is 1. The summed E-state index contributed by atoms with van der Waals surface area (Å²) in [4.78, 5) is 4.20. The van der Waals surface area contributed by atoms with Crippen LogP contribution in [-0.2, 0) is 7.05 Å². The zero-order valence-corrected chi connectivity index (χ0v) is 8.21. The summed E-state index contributed by atoms with van der Waals surface area (Å²) >= 11 is 0. The minimum Gasteiger partial charge on any atom is -0.443 e. The molecule has 0 amide bonds. The normalized spacial score (nSPS) is 11.0. The Hall–Kier alpha value is -2.10. The summed E-state index contributed by atoms with van der Waals surface area (Å²) in [5, 5.41) is 4.14. The zero-order valence-electron chi connectivity index (χ0n) is 8.21. The minimum atomic E-state index is 0.802. The van der Waals surface area contributed by atoms with Crippen molar-refractivity contribution in [3.63, 3.8) is 0 Å². The van der Waals surface area contributed by atoms with Crippen molar-refractivity contribution in [2.24, 2.45) is 7.05 Å². The van der Waals surface area contributed by atoms with Gasteiger partial charge in [-0.1, -0.05) is 12.1 Å². The van der Waals surface area contributed by atoms with Crippen LogP contribution in [0.3, 0.4) is 0 Å². The van der Waals surface area contributed by atoms with E-state index in [4.69, 9.17) is 4.42 Å². The third-order valence-corrected chi connectivity index (χ3v) is 2.38. The molecule has 0 saturated heterocycles. The van der Waals surface area contributed by atoms with Crippen LogP contribution in [0.15, 0.2) is 41.4 Å². The summed E-state index contributed by atoms with van der Waals surface area (Å²) in [6.07, 6.45) is 5.25. The molecule has 1 aromatic carbocycles. The van der Waals surface area contributed by atoms with Gasteiger partial charge in [0.25, 0.3) is 0 Å². The summed E-state index contributed by atoms with van der Waals surface area (Å²) in [5.41, 5.74) is 3.79. The van der Waals surface area contributed by atoms with E-state index in [9.17, 15) is 0 Å². The molecule has 2 heterocycles. The van der Waals surface area contributed by atoms with Crippen molar-refractivity contribution in [1.82, 2.24) is 14.8 Å². The molecule has 0 radical (unpaired) electrons. The lowest BCUT2D eigenvalue weighted by Gasteiger charge is -1.96. The van der Waals surface area contributed by atoms with Crippen molar-refractivity contribution in [3.8, 4) is 11.1 Å². The minimum absolute atomic E-state index is 0.802. The Balaban J connectivity index is 2.30. The van der Waals surface area contributed by atoms with Gasteiger partial charge in [-0.3, -0.25) is 4.68 Å². The molecule has 0 fully saturated rings. The summed E-state index contributed by atoms with van der Waals surface area (Å²) < 4.78 is 7.02. The maximum absolute atomic E-state index is 5.25. The predicted octanol–water partition coefficient (Wildman–Crippen LogP) is 2.23. The Morgan fingerprint density at radius 3 is 3.07 bits per heavy atom. The van der Waals surface area contributed by atoms with Gasteiger partial charge < -0.3 is 4.42 Å². The highest BCUT2D eigenvalue weighted by Crippen LogP contribution is 2.26. The van der Waals surface area contributed by atoms with Crippen LogP contribution in [0.2, 0.25) is 0 Å². The topological polar surface area (TPSA) is 43.9 Å². The number of hydrogen-bond acceptors (Lipinski definition) is 3. The molecule has 3 aromatic rings. The van der Waals surface area contributed by atoms with Crippen LogP contribution < -0.4 is 0 Å². The third kappa shape index (κ3) is 1.22. The highest BCUT2D eigenvalue weighted by Gasteiger charge is 2.07. The first kappa shape index (κ1) is 8.23. The van der Waals surface area contributed by atoms with Crippen molar-refractivity contribution in [2.45, 2.75) is 0 Å². The van der Waals surface area contributed by atoms with Gasteiger partial charge in [0.15, 0.2) is 12.0 Å². The second-order valence-corrected chi connectivity index (χ2v) is 3.41. The standard InChI is InChI=1S/C11H9N3O/c1-14-6-8(5-13-14)9-3-2-4-10-11(9)12-7-15-10/h2-7H,1H3. The molecular formula is C11H9N3O. The molecule has 74 valence electrons. The van der Waals surface area contributed by atoms with E-state index in [0.717, 1.165) is 22.2 Å². The number of aryl methyl sites for hydroxylation is 1. The van der Waals surface area contributed by atoms with Crippen LogP contribution in [0.25, 0.3) is 22.2 Å². The lowest BCUT2D eigenvalue weighted by atomic mass is 10.1. The molecule has 0 unspecified atom stereocenters. The van der Waals surface area contributed by atoms with Crippen LogP contribution in [0, 0.1) is 0 Å². The quantitative estimate of drug-likeness (QED) is 0.603. The Labute approximate surface area is 86.2 Å². The first-order valence-electron chi connectivity index (χ1n) is 4.66. The molecule has 0 N–H and O–H groups in total. The Bertz CT molecular complexity index is 609. The van der Waals surface area contributed by atoms with E-state index in [-0.39, 0.29) is 0 Å². The Morgan fingerprint density at radius 1 is 1.33 bits per heavy atom. The monoisotopic (exact) mass is 199 g/mol. The van der Waals surface area contributed by atoms with Gasteiger partial charge in [-0.25, -0.2) is 4.98 Å². The number of para-hydroxylation sites is 1. The smallest absolute Gasteiger partial charge is 0.182 e. The summed E-state index contributed by atoms with van der Waals surface area (Å²) in [6, 6.07) is 5.87. The largest absolute Gasteiger partial charge is 0.443 e. The highest BCUT2D eigenvalue weighted by molar-refractivity contribution is 5.90. The van der Waals surface area contributed by atoms with Crippen molar-refractivity contribution < 1.29 is 4.42 Å². The molecule has 2 aromatic heterocycles. The molecule has 0 spiro atoms. The molecule has 3 rings (SSSR count). The van der Waals surface area contributed by atoms with E-state index < -0.39 is 0 Å².